The van der Waals surface area contributed by atoms with Gasteiger partial charge in [-0.15, -0.1) is 3.63 Å². The molecule has 39 heavy (non-hydrogen) atoms. The van der Waals surface area contributed by atoms with E-state index < -0.39 is 31.8 Å². The molecule has 0 saturated heterocycles. The van der Waals surface area contributed by atoms with E-state index in [0.717, 1.165) is 17.3 Å². The summed E-state index contributed by atoms with van der Waals surface area (Å²) in [6.07, 6.45) is 21.2. The Morgan fingerprint density at radius 3 is 1.31 bits per heavy atom. The number of methoxy groups -OCH3 is 1. The standard InChI is InChI=1S/C23H48O7S2.C6H16N/c1-5-6-7-8-9-10-11-12-13-14-15-16-17-18-19-20-21-29-23(22(2)28-3)32(26,27)30-31(4,24)25;1-5-6-7(2,3)4/h22-23H,5-21H2,1-4H3;5-6H2,1-4H3/q;+1. The first kappa shape index (κ1) is 40.9. The molecule has 0 saturated carbocycles. The first-order chi connectivity index (χ1) is 18.2. The Kier molecular flexibility index (Phi) is 25.5. The molecule has 2 unspecified atom stereocenters. The molecule has 0 aliphatic carbocycles. The van der Waals surface area contributed by atoms with Crippen LogP contribution in [0.1, 0.15) is 130 Å². The average molecular weight is 603 g/mol. The van der Waals surface area contributed by atoms with Crippen molar-refractivity contribution in [3.05, 3.63) is 0 Å². The third-order valence-corrected chi connectivity index (χ3v) is 9.27. The minimum atomic E-state index is -4.45. The van der Waals surface area contributed by atoms with E-state index in [9.17, 15) is 16.8 Å². The average Bonchev–Trinajstić information content (AvgIpc) is 2.81. The van der Waals surface area contributed by atoms with Gasteiger partial charge in [-0.3, -0.25) is 0 Å². The predicted molar refractivity (Wildman–Crippen MR) is 164 cm³/mol. The largest absolute Gasteiger partial charge is 0.378 e. The highest BCUT2D eigenvalue weighted by molar-refractivity contribution is 7.99. The van der Waals surface area contributed by atoms with E-state index in [0.29, 0.717) is 12.7 Å². The van der Waals surface area contributed by atoms with Crippen LogP contribution in [0.4, 0.5) is 0 Å². The molecule has 0 radical (unpaired) electrons. The molecule has 0 rings (SSSR count). The van der Waals surface area contributed by atoms with Gasteiger partial charge in [0.1, 0.15) is 0 Å². The fourth-order valence-electron chi connectivity index (χ4n) is 4.30. The molecule has 0 heterocycles. The summed E-state index contributed by atoms with van der Waals surface area (Å²) in [7, 11) is -0.628. The molecular formula is C29H64NO7S2+. The van der Waals surface area contributed by atoms with Gasteiger partial charge in [-0.05, 0) is 19.8 Å². The number of nitrogens with zero attached hydrogens (tertiary/aromatic N) is 1. The first-order valence-corrected chi connectivity index (χ1v) is 18.6. The fraction of sp³-hybridized carbons (Fsp3) is 1.00. The Hall–Kier alpha value is -0.260. The third kappa shape index (κ3) is 29.0. The first-order valence-electron chi connectivity index (χ1n) is 15.3. The third-order valence-electron chi connectivity index (χ3n) is 6.43. The Balaban J connectivity index is 0. The fourth-order valence-corrected chi connectivity index (χ4v) is 6.83. The maximum atomic E-state index is 12.1. The summed E-state index contributed by atoms with van der Waals surface area (Å²) in [6, 6.07) is 0. The zero-order valence-corrected chi connectivity index (χ0v) is 28.3. The molecule has 10 heteroatoms. The van der Waals surface area contributed by atoms with Crippen LogP contribution in [0, 0.1) is 0 Å². The quantitative estimate of drug-likeness (QED) is 0.0817. The molecule has 0 aliphatic heterocycles. The van der Waals surface area contributed by atoms with Crippen molar-refractivity contribution in [3.8, 4) is 0 Å². The molecule has 0 bridgehead atoms. The predicted octanol–water partition coefficient (Wildman–Crippen LogP) is 7.03. The smallest absolute Gasteiger partial charge is 0.311 e. The van der Waals surface area contributed by atoms with Gasteiger partial charge < -0.3 is 14.0 Å². The number of unbranched alkanes of at least 4 members (excludes halogenated alkanes) is 15. The zero-order valence-electron chi connectivity index (χ0n) is 26.7. The zero-order chi connectivity index (χ0) is 30.2. The molecule has 8 nitrogen and oxygen atoms in total. The van der Waals surface area contributed by atoms with Crippen LogP contribution in [0.5, 0.6) is 0 Å². The van der Waals surface area contributed by atoms with E-state index in [2.05, 4.69) is 38.6 Å². The van der Waals surface area contributed by atoms with E-state index in [-0.39, 0.29) is 6.61 Å². The number of quaternary nitrogens is 1. The van der Waals surface area contributed by atoms with Crippen LogP contribution in [0.25, 0.3) is 0 Å². The Morgan fingerprint density at radius 2 is 1.03 bits per heavy atom. The van der Waals surface area contributed by atoms with Crippen LogP contribution >= 0.6 is 0 Å². The molecule has 238 valence electrons. The molecule has 0 N–H and O–H groups in total. The number of rotatable bonds is 25. The second-order valence-corrected chi connectivity index (χ2v) is 15.2. The summed E-state index contributed by atoms with van der Waals surface area (Å²) in [5.41, 5.74) is -1.47. The minimum absolute atomic E-state index is 0.211. The summed E-state index contributed by atoms with van der Waals surface area (Å²) in [5.74, 6) is 0. The summed E-state index contributed by atoms with van der Waals surface area (Å²) in [6.45, 7) is 7.46. The molecular weight excluding hydrogens is 538 g/mol. The van der Waals surface area contributed by atoms with Gasteiger partial charge in [0.05, 0.1) is 40.0 Å². The maximum Gasteiger partial charge on any atom is 0.311 e. The Labute approximate surface area is 243 Å². The van der Waals surface area contributed by atoms with Crippen molar-refractivity contribution >= 4 is 20.2 Å². The number of hydrogen-bond acceptors (Lipinski definition) is 7. The summed E-state index contributed by atoms with van der Waals surface area (Å²) in [4.78, 5) is 0. The van der Waals surface area contributed by atoms with Gasteiger partial charge in [-0.2, -0.15) is 16.8 Å². The lowest BCUT2D eigenvalue weighted by Gasteiger charge is -2.22. The molecule has 0 spiro atoms. The Morgan fingerprint density at radius 1 is 0.641 bits per heavy atom. The van der Waals surface area contributed by atoms with Crippen LogP contribution in [0.3, 0.4) is 0 Å². The second kappa shape index (κ2) is 24.3. The van der Waals surface area contributed by atoms with Crippen molar-refractivity contribution in [3.63, 3.8) is 0 Å². The van der Waals surface area contributed by atoms with E-state index in [1.54, 1.807) is 0 Å². The highest BCUT2D eigenvalue weighted by Crippen LogP contribution is 2.17. The van der Waals surface area contributed by atoms with Gasteiger partial charge in [-0.25, -0.2) is 0 Å². The van der Waals surface area contributed by atoms with Crippen molar-refractivity contribution in [2.45, 2.75) is 141 Å². The molecule has 0 aromatic heterocycles. The molecule has 0 aromatic rings. The maximum absolute atomic E-state index is 12.1. The van der Waals surface area contributed by atoms with Gasteiger partial charge in [0.25, 0.3) is 10.1 Å². The van der Waals surface area contributed by atoms with Crippen LogP contribution in [0.2, 0.25) is 0 Å². The SMILES string of the molecule is CCCCCCCCCCCCCCCCCCOC(C(C)OC)S(=O)(=O)OS(C)(=O)=O.CCC[N+](C)(C)C. The molecule has 0 aromatic carbocycles. The van der Waals surface area contributed by atoms with Crippen LogP contribution in [0.15, 0.2) is 0 Å². The van der Waals surface area contributed by atoms with Crippen molar-refractivity contribution < 1.29 is 34.4 Å². The number of ether oxygens (including phenoxy) is 2. The lowest BCUT2D eigenvalue weighted by molar-refractivity contribution is -0.870. The monoisotopic (exact) mass is 602 g/mol. The Bertz CT molecular complexity index is 750. The summed E-state index contributed by atoms with van der Waals surface area (Å²) < 4.78 is 62.4. The van der Waals surface area contributed by atoms with E-state index in [1.807, 2.05) is 0 Å². The lowest BCUT2D eigenvalue weighted by atomic mass is 10.0. The highest BCUT2D eigenvalue weighted by atomic mass is 32.3. The van der Waals surface area contributed by atoms with Crippen LogP contribution in [-0.2, 0) is 33.3 Å². The van der Waals surface area contributed by atoms with Crippen molar-refractivity contribution in [1.82, 2.24) is 0 Å². The van der Waals surface area contributed by atoms with Gasteiger partial charge in [-0.1, -0.05) is 110 Å². The molecule has 0 fully saturated rings. The van der Waals surface area contributed by atoms with Gasteiger partial charge in [0.15, 0.2) is 0 Å². The van der Waals surface area contributed by atoms with E-state index in [4.69, 9.17) is 9.47 Å². The normalized spacial score (nSPS) is 14.1. The minimum Gasteiger partial charge on any atom is -0.378 e. The summed E-state index contributed by atoms with van der Waals surface area (Å²) in [5, 5.41) is 0. The number of hydrogen-bond donors (Lipinski definition) is 0. The second-order valence-electron chi connectivity index (χ2n) is 11.8. The highest BCUT2D eigenvalue weighted by Gasteiger charge is 2.36. The van der Waals surface area contributed by atoms with E-state index in [1.165, 1.54) is 110 Å². The molecule has 2 atom stereocenters. The van der Waals surface area contributed by atoms with Crippen LogP contribution < -0.4 is 0 Å². The van der Waals surface area contributed by atoms with Crippen molar-refractivity contribution in [2.75, 3.05) is 47.7 Å². The van der Waals surface area contributed by atoms with Gasteiger partial charge in [0, 0.05) is 13.7 Å². The van der Waals surface area contributed by atoms with Crippen molar-refractivity contribution in [1.29, 1.82) is 0 Å². The van der Waals surface area contributed by atoms with Crippen LogP contribution in [-0.4, -0.2) is 80.5 Å². The topological polar surface area (TPSA) is 96.0 Å². The molecule has 0 aliphatic rings. The lowest BCUT2D eigenvalue weighted by Crippen LogP contribution is -2.38. The van der Waals surface area contributed by atoms with E-state index >= 15 is 0 Å². The van der Waals surface area contributed by atoms with Gasteiger partial charge >= 0.3 is 10.1 Å². The summed E-state index contributed by atoms with van der Waals surface area (Å²) >= 11 is 0. The molecule has 0 amide bonds. The van der Waals surface area contributed by atoms with Gasteiger partial charge in [0.2, 0.25) is 5.44 Å². The van der Waals surface area contributed by atoms with Crippen molar-refractivity contribution in [2.24, 2.45) is 0 Å².